The summed E-state index contributed by atoms with van der Waals surface area (Å²) in [5, 5.41) is 14.3. The van der Waals surface area contributed by atoms with Crippen molar-refractivity contribution in [3.8, 4) is 0 Å². The maximum Gasteiger partial charge on any atom is 0.271 e. The lowest BCUT2D eigenvalue weighted by molar-refractivity contribution is -0.384. The van der Waals surface area contributed by atoms with Crippen LogP contribution in [0.15, 0.2) is 114 Å². The molecule has 0 fully saturated rings. The summed E-state index contributed by atoms with van der Waals surface area (Å²) in [7, 11) is -4.21. The summed E-state index contributed by atoms with van der Waals surface area (Å²) >= 11 is 0. The van der Waals surface area contributed by atoms with Crippen molar-refractivity contribution in [2.45, 2.75) is 17.9 Å². The molecule has 1 atom stereocenters. The number of benzene rings is 4. The van der Waals surface area contributed by atoms with E-state index in [0.717, 1.165) is 27.1 Å². The molecule has 0 aliphatic carbocycles. The number of amides is 1. The average molecular weight is 516 g/mol. The quantitative estimate of drug-likeness (QED) is 0.249. The summed E-state index contributed by atoms with van der Waals surface area (Å²) in [6, 6.07) is 29.4. The molecule has 8 nitrogen and oxygen atoms in total. The molecule has 4 rings (SSSR count). The van der Waals surface area contributed by atoms with Gasteiger partial charge in [-0.1, -0.05) is 84.4 Å². The Kier molecular flexibility index (Phi) is 7.64. The largest absolute Gasteiger partial charge is 0.344 e. The van der Waals surface area contributed by atoms with Crippen LogP contribution in [0.5, 0.6) is 0 Å². The fourth-order valence-electron chi connectivity index (χ4n) is 3.90. The van der Waals surface area contributed by atoms with E-state index in [9.17, 15) is 23.3 Å². The number of nitro groups is 1. The molecule has 9 heteroatoms. The number of hydrogen-bond donors (Lipinski definition) is 1. The number of carbonyl (C=O) groups excluding carboxylic acids is 1. The van der Waals surface area contributed by atoms with E-state index >= 15 is 0 Å². The normalized spacial score (nSPS) is 11.9. The molecule has 37 heavy (non-hydrogen) atoms. The van der Waals surface area contributed by atoms with Gasteiger partial charge in [-0.2, -0.15) is 0 Å². The smallest absolute Gasteiger partial charge is 0.271 e. The van der Waals surface area contributed by atoms with Gasteiger partial charge in [0.1, 0.15) is 6.54 Å². The third-order valence-electron chi connectivity index (χ3n) is 5.80. The molecule has 0 unspecified atom stereocenters. The first-order valence-electron chi connectivity index (χ1n) is 11.5. The third-order valence-corrected chi connectivity index (χ3v) is 7.58. The molecule has 0 saturated heterocycles. The molecule has 4 aromatic rings. The van der Waals surface area contributed by atoms with Crippen LogP contribution in [0.3, 0.4) is 0 Å². The second-order valence-electron chi connectivity index (χ2n) is 8.42. The minimum atomic E-state index is -4.21. The Balaban J connectivity index is 1.71. The van der Waals surface area contributed by atoms with E-state index in [2.05, 4.69) is 5.32 Å². The Morgan fingerprint density at radius 1 is 0.865 bits per heavy atom. The Bertz CT molecular complexity index is 1490. The van der Waals surface area contributed by atoms with Crippen molar-refractivity contribution in [3.05, 3.63) is 136 Å². The minimum Gasteiger partial charge on any atom is -0.344 e. The van der Waals surface area contributed by atoms with Crippen molar-refractivity contribution in [2.75, 3.05) is 10.8 Å². The van der Waals surface area contributed by atoms with Crippen LogP contribution in [-0.2, 0) is 14.8 Å². The zero-order chi connectivity index (χ0) is 26.4. The number of sulfonamides is 1. The molecule has 0 heterocycles. The Morgan fingerprint density at radius 3 is 2.08 bits per heavy atom. The summed E-state index contributed by atoms with van der Waals surface area (Å²) in [4.78, 5) is 24.1. The van der Waals surface area contributed by atoms with Crippen LogP contribution in [0.2, 0.25) is 0 Å². The number of nitrogens with zero attached hydrogens (tertiary/aromatic N) is 2. The van der Waals surface area contributed by atoms with Crippen LogP contribution in [0.25, 0.3) is 0 Å². The van der Waals surface area contributed by atoms with E-state index in [1.807, 2.05) is 61.5 Å². The number of nitrogens with one attached hydrogen (secondary N) is 1. The molecule has 0 aromatic heterocycles. The fraction of sp³-hybridized carbons (Fsp3) is 0.107. The Hall–Kier alpha value is -4.50. The predicted octanol–water partition coefficient (Wildman–Crippen LogP) is 5.00. The Morgan fingerprint density at radius 2 is 1.46 bits per heavy atom. The van der Waals surface area contributed by atoms with Crippen molar-refractivity contribution >= 4 is 27.3 Å². The van der Waals surface area contributed by atoms with Crippen molar-refractivity contribution < 1.29 is 18.1 Å². The van der Waals surface area contributed by atoms with Crippen molar-refractivity contribution in [2.24, 2.45) is 0 Å². The molecule has 4 aromatic carbocycles. The van der Waals surface area contributed by atoms with Gasteiger partial charge in [0.2, 0.25) is 5.91 Å². The summed E-state index contributed by atoms with van der Waals surface area (Å²) < 4.78 is 28.1. The molecule has 0 aliphatic rings. The van der Waals surface area contributed by atoms with Gasteiger partial charge < -0.3 is 5.32 Å². The van der Waals surface area contributed by atoms with Crippen LogP contribution in [0.4, 0.5) is 11.4 Å². The zero-order valence-electron chi connectivity index (χ0n) is 20.0. The van der Waals surface area contributed by atoms with E-state index in [4.69, 9.17) is 0 Å². The predicted molar refractivity (Wildman–Crippen MR) is 142 cm³/mol. The second-order valence-corrected chi connectivity index (χ2v) is 10.3. The fourth-order valence-corrected chi connectivity index (χ4v) is 5.33. The second kappa shape index (κ2) is 11.0. The number of anilines is 1. The summed E-state index contributed by atoms with van der Waals surface area (Å²) in [6.45, 7) is 1.39. The van der Waals surface area contributed by atoms with Gasteiger partial charge >= 0.3 is 0 Å². The highest BCUT2D eigenvalue weighted by Gasteiger charge is 2.29. The first-order valence-corrected chi connectivity index (χ1v) is 12.9. The van der Waals surface area contributed by atoms with Gasteiger partial charge in [0.15, 0.2) is 0 Å². The molecule has 0 saturated carbocycles. The minimum absolute atomic E-state index is 0.0137. The lowest BCUT2D eigenvalue weighted by Gasteiger charge is -2.26. The first kappa shape index (κ1) is 25.6. The standard InChI is InChI=1S/C28H25N3O5S/c1-21-15-17-23(18-16-21)28(22-9-4-2-5-10-22)29-27(32)20-30(24-11-8-12-25(19-24)31(33)34)37(35,36)26-13-6-3-7-14-26/h2-19,28H,20H2,1H3,(H,29,32)/t28-/m1/s1. The van der Waals surface area contributed by atoms with Gasteiger partial charge in [-0.05, 0) is 36.2 Å². The number of non-ortho nitro benzene ring substituents is 1. The van der Waals surface area contributed by atoms with Crippen LogP contribution < -0.4 is 9.62 Å². The number of hydrogen-bond acceptors (Lipinski definition) is 5. The SMILES string of the molecule is Cc1ccc([C@H](NC(=O)CN(c2cccc([N+](=O)[O-])c2)S(=O)(=O)c2ccccc2)c2ccccc2)cc1. The molecule has 1 N–H and O–H groups in total. The Labute approximate surface area is 215 Å². The molecular weight excluding hydrogens is 490 g/mol. The lowest BCUT2D eigenvalue weighted by Crippen LogP contribution is -2.42. The zero-order valence-corrected chi connectivity index (χ0v) is 20.8. The topological polar surface area (TPSA) is 110 Å². The molecule has 1 amide bonds. The van der Waals surface area contributed by atoms with Crippen molar-refractivity contribution in [3.63, 3.8) is 0 Å². The first-order chi connectivity index (χ1) is 17.8. The van der Waals surface area contributed by atoms with Crippen LogP contribution in [0.1, 0.15) is 22.7 Å². The molecule has 0 spiro atoms. The van der Waals surface area contributed by atoms with E-state index in [1.165, 1.54) is 30.3 Å². The van der Waals surface area contributed by atoms with Gasteiger partial charge in [-0.15, -0.1) is 0 Å². The molecule has 0 aliphatic heterocycles. The van der Waals surface area contributed by atoms with Gasteiger partial charge in [0, 0.05) is 12.1 Å². The van der Waals surface area contributed by atoms with E-state index in [-0.39, 0.29) is 16.3 Å². The number of aryl methyl sites for hydroxylation is 1. The third kappa shape index (κ3) is 6.02. The molecule has 188 valence electrons. The maximum atomic E-state index is 13.6. The van der Waals surface area contributed by atoms with Crippen LogP contribution in [-0.4, -0.2) is 25.8 Å². The van der Waals surface area contributed by atoms with Crippen LogP contribution >= 0.6 is 0 Å². The molecule has 0 bridgehead atoms. The van der Waals surface area contributed by atoms with Gasteiger partial charge in [0.25, 0.3) is 15.7 Å². The molecule has 0 radical (unpaired) electrons. The van der Waals surface area contributed by atoms with Gasteiger partial charge in [-0.25, -0.2) is 8.42 Å². The lowest BCUT2D eigenvalue weighted by atomic mass is 9.98. The summed E-state index contributed by atoms with van der Waals surface area (Å²) in [5.41, 5.74) is 2.45. The van der Waals surface area contributed by atoms with Crippen molar-refractivity contribution in [1.29, 1.82) is 0 Å². The number of rotatable bonds is 9. The van der Waals surface area contributed by atoms with Crippen molar-refractivity contribution in [1.82, 2.24) is 5.32 Å². The number of nitro benzene ring substituents is 1. The molecular formula is C28H25N3O5S. The van der Waals surface area contributed by atoms with E-state index < -0.39 is 33.4 Å². The highest BCUT2D eigenvalue weighted by atomic mass is 32.2. The van der Waals surface area contributed by atoms with E-state index in [1.54, 1.807) is 18.2 Å². The maximum absolute atomic E-state index is 13.6. The van der Waals surface area contributed by atoms with Gasteiger partial charge in [0.05, 0.1) is 21.5 Å². The average Bonchev–Trinajstić information content (AvgIpc) is 2.92. The summed E-state index contributed by atoms with van der Waals surface area (Å²) in [6.07, 6.45) is 0. The number of carbonyl (C=O) groups is 1. The summed E-state index contributed by atoms with van der Waals surface area (Å²) in [5.74, 6) is -0.569. The van der Waals surface area contributed by atoms with E-state index in [0.29, 0.717) is 0 Å². The van der Waals surface area contributed by atoms with Gasteiger partial charge in [-0.3, -0.25) is 19.2 Å². The monoisotopic (exact) mass is 515 g/mol. The van der Waals surface area contributed by atoms with Crippen LogP contribution in [0, 0.1) is 17.0 Å². The highest BCUT2D eigenvalue weighted by Crippen LogP contribution is 2.28. The highest BCUT2D eigenvalue weighted by molar-refractivity contribution is 7.92.